The number of nitrogens with one attached hydrogen (secondary N) is 1. The lowest BCUT2D eigenvalue weighted by Gasteiger charge is -2.19. The number of amides is 2. The number of nitrogens with zero attached hydrogens (tertiary/aromatic N) is 1. The molecule has 2 rings (SSSR count). The minimum atomic E-state index is -0.244. The highest BCUT2D eigenvalue weighted by Gasteiger charge is 2.19. The summed E-state index contributed by atoms with van der Waals surface area (Å²) >= 11 is 0. The second-order valence-corrected chi connectivity index (χ2v) is 5.78. The summed E-state index contributed by atoms with van der Waals surface area (Å²) in [4.78, 5) is 25.9. The fourth-order valence-electron chi connectivity index (χ4n) is 2.42. The summed E-state index contributed by atoms with van der Waals surface area (Å²) in [6.45, 7) is 3.77. The molecule has 2 aromatic rings. The lowest BCUT2D eigenvalue weighted by Crippen LogP contribution is -2.40. The SMILES string of the molecule is COc1cc2ccccc2cc1C(=O)N(C)CC(=O)NC(C)C. The number of carbonyl (C=O) groups is 2. The molecule has 2 aromatic carbocycles. The molecule has 0 heterocycles. The van der Waals surface area contributed by atoms with E-state index in [0.717, 1.165) is 10.8 Å². The van der Waals surface area contributed by atoms with Crippen molar-refractivity contribution in [2.75, 3.05) is 20.7 Å². The van der Waals surface area contributed by atoms with E-state index in [1.54, 1.807) is 13.1 Å². The van der Waals surface area contributed by atoms with Gasteiger partial charge >= 0.3 is 0 Å². The van der Waals surface area contributed by atoms with Gasteiger partial charge < -0.3 is 15.0 Å². The molecule has 0 saturated carbocycles. The zero-order valence-electron chi connectivity index (χ0n) is 13.9. The summed E-state index contributed by atoms with van der Waals surface area (Å²) in [6, 6.07) is 11.4. The van der Waals surface area contributed by atoms with Crippen LogP contribution < -0.4 is 10.1 Å². The number of likely N-dealkylation sites (N-methyl/N-ethyl adjacent to an activating group) is 1. The van der Waals surface area contributed by atoms with Gasteiger partial charge in [-0.3, -0.25) is 9.59 Å². The molecule has 5 nitrogen and oxygen atoms in total. The lowest BCUT2D eigenvalue weighted by atomic mass is 10.0. The van der Waals surface area contributed by atoms with E-state index >= 15 is 0 Å². The Hall–Kier alpha value is -2.56. The Labute approximate surface area is 136 Å². The van der Waals surface area contributed by atoms with Crippen LogP contribution in [0.1, 0.15) is 24.2 Å². The van der Waals surface area contributed by atoms with Crippen molar-refractivity contribution in [1.29, 1.82) is 0 Å². The van der Waals surface area contributed by atoms with Gasteiger partial charge in [0.05, 0.1) is 19.2 Å². The second kappa shape index (κ2) is 7.13. The molecule has 0 atom stereocenters. The molecular formula is C18H22N2O3. The summed E-state index contributed by atoms with van der Waals surface area (Å²) in [7, 11) is 3.14. The monoisotopic (exact) mass is 314 g/mol. The van der Waals surface area contributed by atoms with Crippen LogP contribution in [0.4, 0.5) is 0 Å². The summed E-state index contributed by atoms with van der Waals surface area (Å²) in [5.74, 6) is 0.0759. The van der Waals surface area contributed by atoms with Crippen molar-refractivity contribution in [3.8, 4) is 5.75 Å². The highest BCUT2D eigenvalue weighted by Crippen LogP contribution is 2.26. The molecule has 0 unspecified atom stereocenters. The molecule has 0 aliphatic rings. The van der Waals surface area contributed by atoms with Gasteiger partial charge in [-0.2, -0.15) is 0 Å². The molecule has 23 heavy (non-hydrogen) atoms. The zero-order chi connectivity index (χ0) is 17.0. The number of methoxy groups -OCH3 is 1. The standard InChI is InChI=1S/C18H22N2O3/c1-12(2)19-17(21)11-20(3)18(22)15-9-13-7-5-6-8-14(13)10-16(15)23-4/h5-10,12H,11H2,1-4H3,(H,19,21). The van der Waals surface area contributed by atoms with Crippen molar-refractivity contribution in [3.63, 3.8) is 0 Å². The van der Waals surface area contributed by atoms with Gasteiger partial charge in [0.25, 0.3) is 5.91 Å². The third-order valence-electron chi connectivity index (χ3n) is 3.48. The number of carbonyl (C=O) groups excluding carboxylic acids is 2. The van der Waals surface area contributed by atoms with Crippen molar-refractivity contribution in [1.82, 2.24) is 10.2 Å². The number of hydrogen-bond acceptors (Lipinski definition) is 3. The Bertz CT molecular complexity index is 725. The first-order chi connectivity index (χ1) is 10.9. The fraction of sp³-hybridized carbons (Fsp3) is 0.333. The van der Waals surface area contributed by atoms with Crippen LogP contribution in [-0.4, -0.2) is 43.5 Å². The Balaban J connectivity index is 2.27. The van der Waals surface area contributed by atoms with Crippen LogP contribution in [0.2, 0.25) is 0 Å². The maximum absolute atomic E-state index is 12.7. The zero-order valence-corrected chi connectivity index (χ0v) is 13.9. The predicted molar refractivity (Wildman–Crippen MR) is 90.7 cm³/mol. The molecule has 0 fully saturated rings. The molecule has 0 aliphatic carbocycles. The smallest absolute Gasteiger partial charge is 0.257 e. The van der Waals surface area contributed by atoms with E-state index in [1.807, 2.05) is 44.2 Å². The predicted octanol–water partition coefficient (Wildman–Crippen LogP) is 2.45. The third-order valence-corrected chi connectivity index (χ3v) is 3.48. The number of hydrogen-bond donors (Lipinski definition) is 1. The normalized spacial score (nSPS) is 10.7. The Kier molecular flexibility index (Phi) is 5.21. The van der Waals surface area contributed by atoms with Gasteiger partial charge in [-0.15, -0.1) is 0 Å². The van der Waals surface area contributed by atoms with Crippen molar-refractivity contribution < 1.29 is 14.3 Å². The highest BCUT2D eigenvalue weighted by atomic mass is 16.5. The Morgan fingerprint density at radius 3 is 2.35 bits per heavy atom. The maximum Gasteiger partial charge on any atom is 0.257 e. The van der Waals surface area contributed by atoms with Gasteiger partial charge in [-0.05, 0) is 36.8 Å². The van der Waals surface area contributed by atoms with Gasteiger partial charge in [0, 0.05) is 13.1 Å². The third kappa shape index (κ3) is 4.00. The lowest BCUT2D eigenvalue weighted by molar-refractivity contribution is -0.122. The highest BCUT2D eigenvalue weighted by molar-refractivity contribution is 6.02. The Morgan fingerprint density at radius 1 is 1.17 bits per heavy atom. The number of fused-ring (bicyclic) bond motifs is 1. The molecule has 5 heteroatoms. The van der Waals surface area contributed by atoms with Crippen LogP contribution in [0.5, 0.6) is 5.75 Å². The van der Waals surface area contributed by atoms with E-state index in [4.69, 9.17) is 4.74 Å². The summed E-state index contributed by atoms with van der Waals surface area (Å²) in [6.07, 6.45) is 0. The molecule has 122 valence electrons. The fourth-order valence-corrected chi connectivity index (χ4v) is 2.42. The molecule has 0 radical (unpaired) electrons. The second-order valence-electron chi connectivity index (χ2n) is 5.78. The largest absolute Gasteiger partial charge is 0.496 e. The van der Waals surface area contributed by atoms with Crippen LogP contribution in [0.3, 0.4) is 0 Å². The first kappa shape index (κ1) is 16.8. The average Bonchev–Trinajstić information content (AvgIpc) is 2.51. The van der Waals surface area contributed by atoms with Crippen LogP contribution in [0.15, 0.2) is 36.4 Å². The minimum Gasteiger partial charge on any atom is -0.496 e. The first-order valence-electron chi connectivity index (χ1n) is 7.54. The molecule has 0 aliphatic heterocycles. The molecule has 0 aromatic heterocycles. The van der Waals surface area contributed by atoms with E-state index in [1.165, 1.54) is 12.0 Å². The molecule has 0 spiro atoms. The van der Waals surface area contributed by atoms with E-state index in [9.17, 15) is 9.59 Å². The maximum atomic E-state index is 12.7. The molecular weight excluding hydrogens is 292 g/mol. The van der Waals surface area contributed by atoms with Crippen molar-refractivity contribution in [2.45, 2.75) is 19.9 Å². The van der Waals surface area contributed by atoms with Crippen molar-refractivity contribution in [2.24, 2.45) is 0 Å². The number of ether oxygens (including phenoxy) is 1. The van der Waals surface area contributed by atoms with Gasteiger partial charge in [0.1, 0.15) is 5.75 Å². The van der Waals surface area contributed by atoms with E-state index in [-0.39, 0.29) is 24.4 Å². The number of rotatable bonds is 5. The Morgan fingerprint density at radius 2 is 1.78 bits per heavy atom. The van der Waals surface area contributed by atoms with Gasteiger partial charge in [0.2, 0.25) is 5.91 Å². The first-order valence-corrected chi connectivity index (χ1v) is 7.54. The van der Waals surface area contributed by atoms with Crippen LogP contribution in [0.25, 0.3) is 10.8 Å². The quantitative estimate of drug-likeness (QED) is 0.922. The van der Waals surface area contributed by atoms with Crippen molar-refractivity contribution >= 4 is 22.6 Å². The number of benzene rings is 2. The summed E-state index contributed by atoms with van der Waals surface area (Å²) < 4.78 is 5.35. The van der Waals surface area contributed by atoms with Crippen LogP contribution in [-0.2, 0) is 4.79 Å². The molecule has 0 bridgehead atoms. The van der Waals surface area contributed by atoms with E-state index < -0.39 is 0 Å². The molecule has 2 amide bonds. The molecule has 1 N–H and O–H groups in total. The molecule has 0 saturated heterocycles. The average molecular weight is 314 g/mol. The summed E-state index contributed by atoms with van der Waals surface area (Å²) in [5, 5.41) is 4.73. The minimum absolute atomic E-state index is 0.00694. The van der Waals surface area contributed by atoms with E-state index in [0.29, 0.717) is 11.3 Å². The van der Waals surface area contributed by atoms with Crippen LogP contribution in [0, 0.1) is 0 Å². The van der Waals surface area contributed by atoms with Crippen LogP contribution >= 0.6 is 0 Å². The van der Waals surface area contributed by atoms with E-state index in [2.05, 4.69) is 5.32 Å². The van der Waals surface area contributed by atoms with Gasteiger partial charge in [0.15, 0.2) is 0 Å². The van der Waals surface area contributed by atoms with Crippen molar-refractivity contribution in [3.05, 3.63) is 42.0 Å². The summed E-state index contributed by atoms with van der Waals surface area (Å²) in [5.41, 5.74) is 0.450. The van der Waals surface area contributed by atoms with Gasteiger partial charge in [-0.25, -0.2) is 0 Å². The topological polar surface area (TPSA) is 58.6 Å². The van der Waals surface area contributed by atoms with Gasteiger partial charge in [-0.1, -0.05) is 24.3 Å².